The second-order valence-corrected chi connectivity index (χ2v) is 5.92. The lowest BCUT2D eigenvalue weighted by atomic mass is 9.63. The average molecular weight is 262 g/mol. The van der Waals surface area contributed by atoms with Crippen LogP contribution in [-0.2, 0) is 11.8 Å². The molecule has 3 rings (SSSR count). The summed E-state index contributed by atoms with van der Waals surface area (Å²) in [5.41, 5.74) is 4.41. The van der Waals surface area contributed by atoms with Crippen molar-refractivity contribution >= 4 is 0 Å². The number of hydrogen-bond acceptors (Lipinski definition) is 0. The highest BCUT2D eigenvalue weighted by atomic mass is 14.4. The van der Waals surface area contributed by atoms with Crippen molar-refractivity contribution in [2.75, 3.05) is 0 Å². The van der Waals surface area contributed by atoms with Crippen molar-refractivity contribution < 1.29 is 0 Å². The number of benzene rings is 2. The van der Waals surface area contributed by atoms with Crippen LogP contribution in [0, 0.1) is 0 Å². The minimum absolute atomic E-state index is 0.140. The molecule has 1 atom stereocenters. The van der Waals surface area contributed by atoms with E-state index in [1.54, 1.807) is 0 Å². The van der Waals surface area contributed by atoms with Gasteiger partial charge in [-0.1, -0.05) is 79.2 Å². The van der Waals surface area contributed by atoms with Crippen LogP contribution in [-0.4, -0.2) is 0 Å². The Bertz CT molecular complexity index is 568. The van der Waals surface area contributed by atoms with Crippen molar-refractivity contribution in [2.24, 2.45) is 0 Å². The van der Waals surface area contributed by atoms with Gasteiger partial charge in [0, 0.05) is 5.41 Å². The zero-order valence-electron chi connectivity index (χ0n) is 12.0. The maximum absolute atomic E-state index is 4.44. The Morgan fingerprint density at radius 3 is 2.15 bits per heavy atom. The molecule has 2 aromatic rings. The highest BCUT2D eigenvalue weighted by Gasteiger charge is 2.36. The molecule has 0 spiro atoms. The van der Waals surface area contributed by atoms with Crippen molar-refractivity contribution in [1.29, 1.82) is 0 Å². The Balaban J connectivity index is 2.02. The first-order chi connectivity index (χ1) is 9.81. The summed E-state index contributed by atoms with van der Waals surface area (Å²) < 4.78 is 0. The summed E-state index contributed by atoms with van der Waals surface area (Å²) in [5.74, 6) is 0. The molecule has 0 amide bonds. The zero-order chi connectivity index (χ0) is 13.8. The third-order valence-electron chi connectivity index (χ3n) is 4.68. The topological polar surface area (TPSA) is 0 Å². The molecular weight excluding hydrogens is 240 g/mol. The smallest absolute Gasteiger partial charge is 0.0199 e. The first-order valence-electron chi connectivity index (χ1n) is 7.59. The number of hydrogen-bond donors (Lipinski definition) is 0. The van der Waals surface area contributed by atoms with Gasteiger partial charge in [-0.25, -0.2) is 0 Å². The van der Waals surface area contributed by atoms with Crippen molar-refractivity contribution in [2.45, 2.75) is 37.5 Å². The maximum Gasteiger partial charge on any atom is 0.0199 e. The van der Waals surface area contributed by atoms with E-state index in [0.29, 0.717) is 0 Å². The molecule has 1 unspecified atom stereocenters. The molecule has 0 heterocycles. The SMILES string of the molecule is C=C1CCCCC1(Cc1ccccc1)c1ccccc1. The van der Waals surface area contributed by atoms with E-state index in [-0.39, 0.29) is 5.41 Å². The quantitative estimate of drug-likeness (QED) is 0.659. The highest BCUT2D eigenvalue weighted by Crippen LogP contribution is 2.45. The summed E-state index contributed by atoms with van der Waals surface area (Å²) in [7, 11) is 0. The summed E-state index contributed by atoms with van der Waals surface area (Å²) >= 11 is 0. The van der Waals surface area contributed by atoms with Gasteiger partial charge in [-0.15, -0.1) is 0 Å². The number of rotatable bonds is 3. The van der Waals surface area contributed by atoms with Crippen molar-refractivity contribution in [3.8, 4) is 0 Å². The Labute approximate surface area is 122 Å². The van der Waals surface area contributed by atoms with Gasteiger partial charge in [0.05, 0.1) is 0 Å². The molecule has 0 aliphatic heterocycles. The van der Waals surface area contributed by atoms with Crippen LogP contribution < -0.4 is 0 Å². The van der Waals surface area contributed by atoms with Gasteiger partial charge in [-0.2, -0.15) is 0 Å². The second kappa shape index (κ2) is 5.66. The predicted octanol–water partition coefficient (Wildman–Crippen LogP) is 5.30. The summed E-state index contributed by atoms with van der Waals surface area (Å²) in [6, 6.07) is 21.8. The van der Waals surface area contributed by atoms with Crippen LogP contribution in [0.1, 0.15) is 36.8 Å². The Morgan fingerprint density at radius 2 is 1.50 bits per heavy atom. The van der Waals surface area contributed by atoms with Gasteiger partial charge in [0.25, 0.3) is 0 Å². The van der Waals surface area contributed by atoms with Gasteiger partial charge in [0.2, 0.25) is 0 Å². The largest absolute Gasteiger partial charge is 0.0989 e. The molecule has 0 N–H and O–H groups in total. The van der Waals surface area contributed by atoms with Gasteiger partial charge in [-0.3, -0.25) is 0 Å². The van der Waals surface area contributed by atoms with Crippen LogP contribution in [0.4, 0.5) is 0 Å². The van der Waals surface area contributed by atoms with E-state index < -0.39 is 0 Å². The van der Waals surface area contributed by atoms with Crippen LogP contribution in [0.2, 0.25) is 0 Å². The fourth-order valence-electron chi connectivity index (χ4n) is 3.55. The van der Waals surface area contributed by atoms with Gasteiger partial charge < -0.3 is 0 Å². The molecule has 102 valence electrons. The predicted molar refractivity (Wildman–Crippen MR) is 85.9 cm³/mol. The van der Waals surface area contributed by atoms with Gasteiger partial charge in [0.1, 0.15) is 0 Å². The minimum Gasteiger partial charge on any atom is -0.0989 e. The molecule has 2 aromatic carbocycles. The van der Waals surface area contributed by atoms with E-state index in [1.807, 2.05) is 0 Å². The van der Waals surface area contributed by atoms with Gasteiger partial charge >= 0.3 is 0 Å². The molecule has 0 radical (unpaired) electrons. The van der Waals surface area contributed by atoms with Crippen LogP contribution >= 0.6 is 0 Å². The molecule has 0 saturated heterocycles. The summed E-state index contributed by atoms with van der Waals surface area (Å²) in [5, 5.41) is 0. The fourth-order valence-corrected chi connectivity index (χ4v) is 3.55. The first kappa shape index (κ1) is 13.2. The molecule has 1 aliphatic rings. The Hall–Kier alpha value is -1.82. The van der Waals surface area contributed by atoms with Gasteiger partial charge in [0.15, 0.2) is 0 Å². The van der Waals surface area contributed by atoms with Crippen molar-refractivity contribution in [3.05, 3.63) is 83.9 Å². The van der Waals surface area contributed by atoms with Crippen LogP contribution in [0.3, 0.4) is 0 Å². The molecule has 1 aliphatic carbocycles. The van der Waals surface area contributed by atoms with Gasteiger partial charge in [-0.05, 0) is 36.8 Å². The summed E-state index contributed by atoms with van der Waals surface area (Å²) in [6.45, 7) is 4.44. The molecule has 0 aromatic heterocycles. The second-order valence-electron chi connectivity index (χ2n) is 5.92. The molecule has 0 heteroatoms. The molecule has 20 heavy (non-hydrogen) atoms. The van der Waals surface area contributed by atoms with E-state index in [2.05, 4.69) is 67.2 Å². The summed E-state index contributed by atoms with van der Waals surface area (Å²) in [6.07, 6.45) is 6.08. The fraction of sp³-hybridized carbons (Fsp3) is 0.300. The zero-order valence-corrected chi connectivity index (χ0v) is 12.0. The van der Waals surface area contributed by atoms with Crippen molar-refractivity contribution in [1.82, 2.24) is 0 Å². The van der Waals surface area contributed by atoms with Crippen LogP contribution in [0.25, 0.3) is 0 Å². The van der Waals surface area contributed by atoms with E-state index in [4.69, 9.17) is 0 Å². The third kappa shape index (κ3) is 2.43. The number of allylic oxidation sites excluding steroid dienone is 1. The molecule has 0 bridgehead atoms. The van der Waals surface area contributed by atoms with Crippen molar-refractivity contribution in [3.63, 3.8) is 0 Å². The van der Waals surface area contributed by atoms with E-state index in [0.717, 1.165) is 6.42 Å². The molecule has 1 saturated carbocycles. The Morgan fingerprint density at radius 1 is 0.850 bits per heavy atom. The lowest BCUT2D eigenvalue weighted by molar-refractivity contribution is 0.381. The van der Waals surface area contributed by atoms with Crippen LogP contribution in [0.5, 0.6) is 0 Å². The third-order valence-corrected chi connectivity index (χ3v) is 4.68. The maximum atomic E-state index is 4.44. The average Bonchev–Trinajstić information content (AvgIpc) is 2.52. The van der Waals surface area contributed by atoms with Crippen LogP contribution in [0.15, 0.2) is 72.8 Å². The first-order valence-corrected chi connectivity index (χ1v) is 7.59. The standard InChI is InChI=1S/C20H22/c1-17-10-8-9-15-20(17,19-13-6-3-7-14-19)16-18-11-4-2-5-12-18/h2-7,11-14H,1,8-10,15-16H2. The molecule has 1 fully saturated rings. The normalized spacial score (nSPS) is 22.7. The minimum atomic E-state index is 0.140. The van der Waals surface area contributed by atoms with E-state index in [1.165, 1.54) is 42.4 Å². The Kier molecular flexibility index (Phi) is 3.73. The monoisotopic (exact) mass is 262 g/mol. The highest BCUT2D eigenvalue weighted by molar-refractivity contribution is 5.39. The molecule has 0 nitrogen and oxygen atoms in total. The van der Waals surface area contributed by atoms with E-state index in [9.17, 15) is 0 Å². The lowest BCUT2D eigenvalue weighted by Crippen LogP contribution is -2.33. The lowest BCUT2D eigenvalue weighted by Gasteiger charge is -2.40. The summed E-state index contributed by atoms with van der Waals surface area (Å²) in [4.78, 5) is 0. The van der Waals surface area contributed by atoms with E-state index >= 15 is 0 Å². The molecular formula is C20H22.